The minimum absolute atomic E-state index is 0.0220. The van der Waals surface area contributed by atoms with Gasteiger partial charge in [0.2, 0.25) is 0 Å². The van der Waals surface area contributed by atoms with Crippen molar-refractivity contribution >= 4 is 17.6 Å². The van der Waals surface area contributed by atoms with Crippen molar-refractivity contribution < 1.29 is 28.9 Å². The Morgan fingerprint density at radius 1 is 1.22 bits per heavy atom. The summed E-state index contributed by atoms with van der Waals surface area (Å²) >= 11 is 0. The van der Waals surface area contributed by atoms with Crippen LogP contribution in [0, 0.1) is 11.8 Å². The van der Waals surface area contributed by atoms with E-state index in [2.05, 4.69) is 0 Å². The van der Waals surface area contributed by atoms with Crippen LogP contribution in [0.25, 0.3) is 6.08 Å². The molecule has 3 aliphatic heterocycles. The largest absolute Gasteiger partial charge is 0.506 e. The van der Waals surface area contributed by atoms with Crippen LogP contribution in [0.5, 0.6) is 17.2 Å². The minimum atomic E-state index is -1.24. The molecule has 1 spiro atoms. The normalized spacial score (nSPS) is 34.7. The van der Waals surface area contributed by atoms with Crippen molar-refractivity contribution in [3.05, 3.63) is 46.6 Å². The Kier molecular flexibility index (Phi) is 3.67. The molecule has 1 saturated heterocycles. The second-order valence-electron chi connectivity index (χ2n) is 10.3. The van der Waals surface area contributed by atoms with Gasteiger partial charge in [-0.1, -0.05) is 17.7 Å². The van der Waals surface area contributed by atoms with Gasteiger partial charge in [-0.2, -0.15) is 0 Å². The molecule has 3 aliphatic carbocycles. The summed E-state index contributed by atoms with van der Waals surface area (Å²) in [6, 6.07) is 1.68. The Hall–Kier alpha value is -2.86. The fourth-order valence-electron chi connectivity index (χ4n) is 6.12. The smallest absolute Gasteiger partial charge is 0.200 e. The zero-order chi connectivity index (χ0) is 22.6. The minimum Gasteiger partial charge on any atom is -0.506 e. The second-order valence-corrected chi connectivity index (χ2v) is 10.3. The third-order valence-electron chi connectivity index (χ3n) is 7.58. The quantitative estimate of drug-likeness (QED) is 0.704. The van der Waals surface area contributed by atoms with Gasteiger partial charge in [0, 0.05) is 29.9 Å². The molecule has 0 amide bonds. The second kappa shape index (κ2) is 5.93. The molecule has 4 atom stereocenters. The summed E-state index contributed by atoms with van der Waals surface area (Å²) in [7, 11) is 0. The van der Waals surface area contributed by atoms with Crippen LogP contribution in [-0.2, 0) is 9.53 Å². The average Bonchev–Trinajstić information content (AvgIpc) is 2.96. The number of ether oxygens (including phenoxy) is 3. The number of fused-ring (bicyclic) bond motifs is 2. The third-order valence-corrected chi connectivity index (χ3v) is 7.58. The van der Waals surface area contributed by atoms with Crippen LogP contribution < -0.4 is 9.47 Å². The highest BCUT2D eigenvalue weighted by Gasteiger charge is 2.77. The van der Waals surface area contributed by atoms with E-state index in [9.17, 15) is 14.7 Å². The molecule has 7 rings (SSSR count). The molecule has 0 aromatic heterocycles. The first-order valence-corrected chi connectivity index (χ1v) is 11.2. The number of carbonyl (C=O) groups excluding carboxylic acids is 2. The van der Waals surface area contributed by atoms with Crippen molar-refractivity contribution in [2.45, 2.75) is 57.3 Å². The highest BCUT2D eigenvalue weighted by molar-refractivity contribution is 6.18. The Morgan fingerprint density at radius 3 is 2.75 bits per heavy atom. The first kappa shape index (κ1) is 19.8. The molecular weight excluding hydrogens is 408 g/mol. The molecule has 1 N–H and O–H groups in total. The van der Waals surface area contributed by atoms with Crippen molar-refractivity contribution in [2.24, 2.45) is 11.8 Å². The van der Waals surface area contributed by atoms with Gasteiger partial charge < -0.3 is 19.3 Å². The van der Waals surface area contributed by atoms with E-state index in [4.69, 9.17) is 14.2 Å². The van der Waals surface area contributed by atoms with E-state index in [0.29, 0.717) is 36.3 Å². The maximum Gasteiger partial charge on any atom is 0.200 e. The number of phenolic OH excluding ortho intramolecular Hbond substituents is 1. The molecule has 1 aromatic rings. The van der Waals surface area contributed by atoms with Crippen molar-refractivity contribution in [1.82, 2.24) is 0 Å². The van der Waals surface area contributed by atoms with E-state index in [1.165, 1.54) is 0 Å². The maximum absolute atomic E-state index is 13.8. The van der Waals surface area contributed by atoms with E-state index in [1.54, 1.807) is 18.2 Å². The monoisotopic (exact) mass is 434 g/mol. The standard InChI is InChI=1S/C26H26O6/c1-13(2)5-8-25-23(29)14-9-15(12-30-25)26(25)17(10-14)22(28)20-19(32-26)11-18-16(21(20)27)6-7-24(3,4)31-18/h5-7,10-11,14-15,27H,8-9,12H2,1-4H3/t14-,15-,25-,26-/m0/s1. The molecule has 1 aromatic carbocycles. The Balaban J connectivity index is 1.58. The van der Waals surface area contributed by atoms with Gasteiger partial charge >= 0.3 is 0 Å². The number of Topliss-reactive ketones (excluding diaryl/α,β-unsaturated/α-hetero) is 2. The summed E-state index contributed by atoms with van der Waals surface area (Å²) in [4.78, 5) is 27.4. The van der Waals surface area contributed by atoms with Crippen LogP contribution >= 0.6 is 0 Å². The van der Waals surface area contributed by atoms with Crippen molar-refractivity contribution in [1.29, 1.82) is 0 Å². The number of benzene rings is 1. The predicted octanol–water partition coefficient (Wildman–Crippen LogP) is 4.16. The van der Waals surface area contributed by atoms with E-state index in [0.717, 1.165) is 5.57 Å². The number of rotatable bonds is 2. The van der Waals surface area contributed by atoms with E-state index in [-0.39, 0.29) is 40.5 Å². The summed E-state index contributed by atoms with van der Waals surface area (Å²) < 4.78 is 19.0. The van der Waals surface area contributed by atoms with Gasteiger partial charge in [-0.15, -0.1) is 0 Å². The Bertz CT molecular complexity index is 1200. The third kappa shape index (κ3) is 2.18. The predicted molar refractivity (Wildman–Crippen MR) is 117 cm³/mol. The number of aromatic hydroxyl groups is 1. The number of hydrogen-bond donors (Lipinski definition) is 1. The van der Waals surface area contributed by atoms with E-state index < -0.39 is 16.8 Å². The summed E-state index contributed by atoms with van der Waals surface area (Å²) in [5, 5.41) is 11.1. The average molecular weight is 434 g/mol. The summed E-state index contributed by atoms with van der Waals surface area (Å²) in [5.41, 5.74) is -0.865. The molecule has 6 nitrogen and oxygen atoms in total. The molecule has 166 valence electrons. The summed E-state index contributed by atoms with van der Waals surface area (Å²) in [6.45, 7) is 8.14. The Morgan fingerprint density at radius 2 is 2.00 bits per heavy atom. The van der Waals surface area contributed by atoms with Gasteiger partial charge in [0.15, 0.2) is 22.8 Å². The van der Waals surface area contributed by atoms with E-state index >= 15 is 0 Å². The first-order valence-electron chi connectivity index (χ1n) is 11.2. The first-order chi connectivity index (χ1) is 15.1. The fourth-order valence-corrected chi connectivity index (χ4v) is 6.12. The highest BCUT2D eigenvalue weighted by Crippen LogP contribution is 2.64. The summed E-state index contributed by atoms with van der Waals surface area (Å²) in [5.74, 6) is -0.242. The topological polar surface area (TPSA) is 82.1 Å². The van der Waals surface area contributed by atoms with Gasteiger partial charge in [0.25, 0.3) is 0 Å². The van der Waals surface area contributed by atoms with E-state index in [1.807, 2.05) is 39.8 Å². The number of carbonyl (C=O) groups is 2. The van der Waals surface area contributed by atoms with Gasteiger partial charge in [0.1, 0.15) is 28.4 Å². The van der Waals surface area contributed by atoms with Gasteiger partial charge in [-0.25, -0.2) is 0 Å². The number of hydrogen-bond acceptors (Lipinski definition) is 6. The number of ketones is 2. The molecule has 3 heterocycles. The molecule has 0 unspecified atom stereocenters. The van der Waals surface area contributed by atoms with Gasteiger partial charge in [-0.05, 0) is 46.3 Å². The van der Waals surface area contributed by atoms with Crippen molar-refractivity contribution in [3.63, 3.8) is 0 Å². The zero-order valence-electron chi connectivity index (χ0n) is 18.7. The lowest BCUT2D eigenvalue weighted by Gasteiger charge is -2.55. The van der Waals surface area contributed by atoms with Gasteiger partial charge in [0.05, 0.1) is 12.2 Å². The maximum atomic E-state index is 13.8. The SMILES string of the molecule is CC(C)=CC[C@@]12OC[C@@H]3C[C@@H](C=C4C(=O)c5c(cc6c(c5O)C=CC(C)(C)O6)O[C@]431)C2=O. The van der Waals surface area contributed by atoms with Crippen LogP contribution in [0.15, 0.2) is 35.4 Å². The molecule has 4 bridgehead atoms. The lowest BCUT2D eigenvalue weighted by atomic mass is 9.53. The van der Waals surface area contributed by atoms with Gasteiger partial charge in [-0.3, -0.25) is 9.59 Å². The van der Waals surface area contributed by atoms with Crippen LogP contribution in [-0.4, -0.2) is 40.1 Å². The lowest BCUT2D eigenvalue weighted by molar-refractivity contribution is -0.165. The lowest BCUT2D eigenvalue weighted by Crippen LogP contribution is -2.71. The number of allylic oxidation sites excluding steroid dienone is 2. The molecule has 6 aliphatic rings. The molecule has 6 heteroatoms. The fraction of sp³-hybridized carbons (Fsp3) is 0.462. The van der Waals surface area contributed by atoms with Crippen LogP contribution in [0.1, 0.15) is 56.5 Å². The van der Waals surface area contributed by atoms with Crippen LogP contribution in [0.4, 0.5) is 0 Å². The molecular formula is C26H26O6. The van der Waals surface area contributed by atoms with Crippen molar-refractivity contribution in [3.8, 4) is 17.2 Å². The zero-order valence-corrected chi connectivity index (χ0v) is 18.7. The van der Waals surface area contributed by atoms with Crippen LogP contribution in [0.2, 0.25) is 0 Å². The molecule has 0 radical (unpaired) electrons. The molecule has 1 saturated carbocycles. The number of phenols is 1. The molecule has 32 heavy (non-hydrogen) atoms. The highest BCUT2D eigenvalue weighted by atomic mass is 16.6. The van der Waals surface area contributed by atoms with Crippen molar-refractivity contribution in [2.75, 3.05) is 6.61 Å². The molecule has 2 fully saturated rings. The summed E-state index contributed by atoms with van der Waals surface area (Å²) in [6.07, 6.45) is 8.32. The Labute approximate surface area is 186 Å². The van der Waals surface area contributed by atoms with Crippen LogP contribution in [0.3, 0.4) is 0 Å².